The number of hydrogen-bond donors (Lipinski definition) is 2. The molecule has 2 aromatic rings. The third kappa shape index (κ3) is 4.15. The van der Waals surface area contributed by atoms with E-state index in [2.05, 4.69) is 34.0 Å². The summed E-state index contributed by atoms with van der Waals surface area (Å²) >= 11 is 0. The molecule has 4 nitrogen and oxygen atoms in total. The van der Waals surface area contributed by atoms with Crippen molar-refractivity contribution in [1.29, 1.82) is 0 Å². The van der Waals surface area contributed by atoms with Gasteiger partial charge in [-0.1, -0.05) is 30.3 Å². The fourth-order valence-electron chi connectivity index (χ4n) is 1.74. The molecule has 1 aromatic heterocycles. The third-order valence-electron chi connectivity index (χ3n) is 2.60. The zero-order valence-electron chi connectivity index (χ0n) is 10.6. The standard InChI is InChI=1S/C14H17N3OS/c1-2-6-15-10-12-4-3-5-13(9-12)11-19(18)14-16-7-8-17-14/h2-5,7-9,15H,1,6,10-11H2,(H,16,17). The maximum atomic E-state index is 12.0. The van der Waals surface area contributed by atoms with Crippen LogP contribution in [0.1, 0.15) is 11.1 Å². The normalized spacial score (nSPS) is 12.2. The van der Waals surface area contributed by atoms with Crippen LogP contribution in [-0.2, 0) is 23.1 Å². The first-order chi connectivity index (χ1) is 9.29. The van der Waals surface area contributed by atoms with Crippen LogP contribution in [0.15, 0.2) is 54.5 Å². The molecule has 0 aliphatic heterocycles. The summed E-state index contributed by atoms with van der Waals surface area (Å²) in [5.41, 5.74) is 2.23. The van der Waals surface area contributed by atoms with E-state index >= 15 is 0 Å². The summed E-state index contributed by atoms with van der Waals surface area (Å²) in [7, 11) is -1.12. The number of rotatable bonds is 7. The van der Waals surface area contributed by atoms with Crippen LogP contribution >= 0.6 is 0 Å². The number of nitrogens with zero attached hydrogens (tertiary/aromatic N) is 1. The number of benzene rings is 1. The van der Waals surface area contributed by atoms with Crippen molar-refractivity contribution in [3.63, 3.8) is 0 Å². The van der Waals surface area contributed by atoms with Crippen molar-refractivity contribution in [2.75, 3.05) is 6.54 Å². The van der Waals surface area contributed by atoms with Crippen molar-refractivity contribution in [3.8, 4) is 0 Å². The lowest BCUT2D eigenvalue weighted by Gasteiger charge is -2.05. The average molecular weight is 275 g/mol. The van der Waals surface area contributed by atoms with Crippen LogP contribution in [0.4, 0.5) is 0 Å². The summed E-state index contributed by atoms with van der Waals surface area (Å²) in [5.74, 6) is 0.475. The van der Waals surface area contributed by atoms with Gasteiger partial charge >= 0.3 is 0 Å². The molecular formula is C14H17N3OS. The summed E-state index contributed by atoms with van der Waals surface area (Å²) < 4.78 is 12.0. The highest BCUT2D eigenvalue weighted by atomic mass is 32.2. The second-order valence-corrected chi connectivity index (χ2v) is 5.49. The fraction of sp³-hybridized carbons (Fsp3) is 0.214. The quantitative estimate of drug-likeness (QED) is 0.600. The van der Waals surface area contributed by atoms with Gasteiger partial charge in [0.05, 0.1) is 16.6 Å². The van der Waals surface area contributed by atoms with Crippen LogP contribution in [0.2, 0.25) is 0 Å². The largest absolute Gasteiger partial charge is 0.338 e. The van der Waals surface area contributed by atoms with Crippen LogP contribution < -0.4 is 5.32 Å². The first-order valence-electron chi connectivity index (χ1n) is 6.07. The molecule has 0 fully saturated rings. The van der Waals surface area contributed by atoms with Crippen LogP contribution in [0.25, 0.3) is 0 Å². The van der Waals surface area contributed by atoms with Crippen molar-refractivity contribution in [2.24, 2.45) is 0 Å². The first-order valence-corrected chi connectivity index (χ1v) is 7.38. The molecule has 0 spiro atoms. The Balaban J connectivity index is 1.98. The first kappa shape index (κ1) is 13.7. The van der Waals surface area contributed by atoms with Gasteiger partial charge in [-0.3, -0.25) is 4.21 Å². The predicted octanol–water partition coefficient (Wildman–Crippen LogP) is 1.99. The van der Waals surface area contributed by atoms with Gasteiger partial charge in [-0.25, -0.2) is 4.98 Å². The smallest absolute Gasteiger partial charge is 0.196 e. The highest BCUT2D eigenvalue weighted by Crippen LogP contribution is 2.10. The average Bonchev–Trinajstić information content (AvgIpc) is 2.93. The molecule has 0 aliphatic rings. The van der Waals surface area contributed by atoms with Crippen molar-refractivity contribution in [1.82, 2.24) is 15.3 Å². The molecule has 0 saturated carbocycles. The van der Waals surface area contributed by atoms with Gasteiger partial charge in [0.25, 0.3) is 0 Å². The summed E-state index contributed by atoms with van der Waals surface area (Å²) in [5, 5.41) is 3.77. The molecule has 5 heteroatoms. The Morgan fingerprint density at radius 2 is 2.26 bits per heavy atom. The van der Waals surface area contributed by atoms with Gasteiger partial charge in [-0.2, -0.15) is 0 Å². The van der Waals surface area contributed by atoms with E-state index in [1.165, 1.54) is 5.56 Å². The molecule has 2 N–H and O–H groups in total. The number of imidazole rings is 1. The van der Waals surface area contributed by atoms with Gasteiger partial charge in [-0.15, -0.1) is 6.58 Å². The minimum Gasteiger partial charge on any atom is -0.338 e. The van der Waals surface area contributed by atoms with Gasteiger partial charge in [-0.05, 0) is 11.1 Å². The van der Waals surface area contributed by atoms with E-state index < -0.39 is 10.8 Å². The van der Waals surface area contributed by atoms with Crippen molar-refractivity contribution < 1.29 is 4.21 Å². The third-order valence-corrected chi connectivity index (χ3v) is 3.85. The van der Waals surface area contributed by atoms with Crippen LogP contribution in [0.3, 0.4) is 0 Å². The van der Waals surface area contributed by atoms with E-state index in [-0.39, 0.29) is 0 Å². The maximum absolute atomic E-state index is 12.0. The molecule has 1 unspecified atom stereocenters. The predicted molar refractivity (Wildman–Crippen MR) is 77.0 cm³/mol. The second-order valence-electron chi connectivity index (χ2n) is 4.12. The zero-order valence-corrected chi connectivity index (χ0v) is 11.5. The van der Waals surface area contributed by atoms with E-state index in [1.807, 2.05) is 18.2 Å². The molecule has 0 aliphatic carbocycles. The molecule has 2 rings (SSSR count). The lowest BCUT2D eigenvalue weighted by atomic mass is 10.1. The Bertz CT molecular complexity index is 552. The minimum absolute atomic E-state index is 0.475. The van der Waals surface area contributed by atoms with Crippen molar-refractivity contribution in [2.45, 2.75) is 17.5 Å². The fourth-order valence-corrected chi connectivity index (χ4v) is 2.74. The monoisotopic (exact) mass is 275 g/mol. The summed E-state index contributed by atoms with van der Waals surface area (Å²) in [6.45, 7) is 5.23. The lowest BCUT2D eigenvalue weighted by molar-refractivity contribution is 0.677. The Morgan fingerprint density at radius 1 is 1.42 bits per heavy atom. The number of H-pyrrole nitrogens is 1. The van der Waals surface area contributed by atoms with E-state index in [1.54, 1.807) is 12.4 Å². The molecule has 0 saturated heterocycles. The molecule has 1 heterocycles. The van der Waals surface area contributed by atoms with Gasteiger partial charge in [0.2, 0.25) is 0 Å². The van der Waals surface area contributed by atoms with E-state index in [9.17, 15) is 4.21 Å². The molecular weight excluding hydrogens is 258 g/mol. The summed E-state index contributed by atoms with van der Waals surface area (Å²) in [6, 6.07) is 8.09. The zero-order chi connectivity index (χ0) is 13.5. The van der Waals surface area contributed by atoms with Crippen LogP contribution in [0, 0.1) is 0 Å². The number of aromatic amines is 1. The van der Waals surface area contributed by atoms with Crippen LogP contribution in [0.5, 0.6) is 0 Å². The van der Waals surface area contributed by atoms with Gasteiger partial charge < -0.3 is 10.3 Å². The SMILES string of the molecule is C=CCNCc1cccc(CS(=O)c2ncc[nH]2)c1. The molecule has 1 atom stereocenters. The van der Waals surface area contributed by atoms with Crippen molar-refractivity contribution in [3.05, 3.63) is 60.4 Å². The van der Waals surface area contributed by atoms with Crippen molar-refractivity contribution >= 4 is 10.8 Å². The molecule has 100 valence electrons. The summed E-state index contributed by atoms with van der Waals surface area (Å²) in [6.07, 6.45) is 5.13. The lowest BCUT2D eigenvalue weighted by Crippen LogP contribution is -2.12. The highest BCUT2D eigenvalue weighted by molar-refractivity contribution is 7.84. The molecule has 0 radical (unpaired) electrons. The number of aromatic nitrogens is 2. The Labute approximate surface area is 115 Å². The Morgan fingerprint density at radius 3 is 3.00 bits per heavy atom. The molecule has 0 amide bonds. The van der Waals surface area contributed by atoms with Gasteiger partial charge in [0.15, 0.2) is 5.16 Å². The number of hydrogen-bond acceptors (Lipinski definition) is 3. The van der Waals surface area contributed by atoms with E-state index in [4.69, 9.17) is 0 Å². The van der Waals surface area contributed by atoms with Gasteiger partial charge in [0.1, 0.15) is 0 Å². The summed E-state index contributed by atoms with van der Waals surface area (Å²) in [4.78, 5) is 6.90. The Hall–Kier alpha value is -1.72. The minimum atomic E-state index is -1.12. The van der Waals surface area contributed by atoms with E-state index in [0.717, 1.165) is 18.7 Å². The topological polar surface area (TPSA) is 57.8 Å². The number of nitrogens with one attached hydrogen (secondary N) is 2. The second kappa shape index (κ2) is 7.01. The molecule has 1 aromatic carbocycles. The van der Waals surface area contributed by atoms with E-state index in [0.29, 0.717) is 10.9 Å². The Kier molecular flexibility index (Phi) is 5.06. The maximum Gasteiger partial charge on any atom is 0.196 e. The van der Waals surface area contributed by atoms with Crippen LogP contribution in [-0.4, -0.2) is 20.7 Å². The molecule has 19 heavy (non-hydrogen) atoms. The highest BCUT2D eigenvalue weighted by Gasteiger charge is 2.07. The molecule has 0 bridgehead atoms. The van der Waals surface area contributed by atoms with Gasteiger partial charge in [0, 0.05) is 25.5 Å².